The van der Waals surface area contributed by atoms with Gasteiger partial charge in [0.25, 0.3) is 0 Å². The first-order chi connectivity index (χ1) is 11.1. The average molecular weight is 332 g/mol. The third kappa shape index (κ3) is 3.91. The zero-order valence-corrected chi connectivity index (χ0v) is 14.6. The number of rotatable bonds is 5. The number of hydrogen-bond donors (Lipinski definition) is 1. The van der Waals surface area contributed by atoms with Crippen LogP contribution in [0.5, 0.6) is 5.75 Å². The van der Waals surface area contributed by atoms with E-state index in [9.17, 15) is 5.11 Å². The van der Waals surface area contributed by atoms with Gasteiger partial charge in [-0.3, -0.25) is 4.90 Å². The molecule has 1 N–H and O–H groups in total. The van der Waals surface area contributed by atoms with Crippen molar-refractivity contribution in [3.8, 4) is 16.3 Å². The Hall–Kier alpha value is -1.43. The molecule has 0 saturated carbocycles. The zero-order chi connectivity index (χ0) is 16.3. The highest BCUT2D eigenvalue weighted by Crippen LogP contribution is 2.31. The number of ether oxygens (including phenoxy) is 1. The first-order valence-electron chi connectivity index (χ1n) is 8.04. The Labute approximate surface area is 141 Å². The molecule has 1 fully saturated rings. The number of methoxy groups -OCH3 is 1. The lowest BCUT2D eigenvalue weighted by molar-refractivity contribution is 0.0424. The maximum absolute atomic E-state index is 9.58. The third-order valence-electron chi connectivity index (χ3n) is 4.52. The Morgan fingerprint density at radius 3 is 2.83 bits per heavy atom. The summed E-state index contributed by atoms with van der Waals surface area (Å²) in [6.45, 7) is 5.33. The van der Waals surface area contributed by atoms with Crippen molar-refractivity contribution >= 4 is 11.3 Å². The lowest BCUT2D eigenvalue weighted by Gasteiger charge is -2.39. The van der Waals surface area contributed by atoms with Crippen LogP contribution < -0.4 is 4.74 Å². The fourth-order valence-electron chi connectivity index (χ4n) is 3.17. The quantitative estimate of drug-likeness (QED) is 0.911. The molecule has 5 heteroatoms. The Bertz CT molecular complexity index is 641. The molecule has 0 aliphatic carbocycles. The van der Waals surface area contributed by atoms with Crippen molar-refractivity contribution in [2.45, 2.75) is 26.3 Å². The van der Waals surface area contributed by atoms with E-state index in [4.69, 9.17) is 9.72 Å². The summed E-state index contributed by atoms with van der Waals surface area (Å²) in [5.41, 5.74) is 2.27. The molecule has 124 valence electrons. The Morgan fingerprint density at radius 2 is 2.13 bits per heavy atom. The van der Waals surface area contributed by atoms with Crippen LogP contribution in [-0.4, -0.2) is 41.8 Å². The Balaban J connectivity index is 1.67. The van der Waals surface area contributed by atoms with Crippen LogP contribution in [0.15, 0.2) is 29.6 Å². The molecule has 0 amide bonds. The standard InChI is InChI=1S/C18H24N2O2S/c1-18(13-21)8-3-9-20(12-18)10-15-11-23-17(19-15)14-4-6-16(22-2)7-5-14/h4-7,11,21H,3,8-10,12-13H2,1-2H3. The number of hydrogen-bond acceptors (Lipinski definition) is 5. The molecule has 0 spiro atoms. The summed E-state index contributed by atoms with van der Waals surface area (Å²) >= 11 is 1.68. The molecule has 2 aromatic rings. The number of thiazole rings is 1. The van der Waals surface area contributed by atoms with E-state index in [2.05, 4.69) is 17.2 Å². The van der Waals surface area contributed by atoms with E-state index in [-0.39, 0.29) is 12.0 Å². The van der Waals surface area contributed by atoms with Gasteiger partial charge in [-0.1, -0.05) is 6.92 Å². The second-order valence-corrected chi connectivity index (χ2v) is 7.51. The van der Waals surface area contributed by atoms with Crippen molar-refractivity contribution < 1.29 is 9.84 Å². The van der Waals surface area contributed by atoms with Crippen LogP contribution in [0.2, 0.25) is 0 Å². The molecule has 1 unspecified atom stereocenters. The normalized spacial score (nSPS) is 22.2. The molecule has 23 heavy (non-hydrogen) atoms. The van der Waals surface area contributed by atoms with E-state index in [0.29, 0.717) is 0 Å². The van der Waals surface area contributed by atoms with Gasteiger partial charge in [-0.25, -0.2) is 4.98 Å². The van der Waals surface area contributed by atoms with Gasteiger partial charge in [-0.2, -0.15) is 0 Å². The van der Waals surface area contributed by atoms with Crippen molar-refractivity contribution in [3.05, 3.63) is 35.3 Å². The predicted octanol–water partition coefficient (Wildman–Crippen LogP) is 3.41. The number of aromatic nitrogens is 1. The molecule has 2 heterocycles. The number of likely N-dealkylation sites (tertiary alicyclic amines) is 1. The molecule has 0 bridgehead atoms. The van der Waals surface area contributed by atoms with Crippen LogP contribution in [0.4, 0.5) is 0 Å². The summed E-state index contributed by atoms with van der Waals surface area (Å²) in [6, 6.07) is 8.03. The summed E-state index contributed by atoms with van der Waals surface area (Å²) in [4.78, 5) is 7.19. The first-order valence-corrected chi connectivity index (χ1v) is 8.92. The van der Waals surface area contributed by atoms with Gasteiger partial charge < -0.3 is 9.84 Å². The van der Waals surface area contributed by atoms with E-state index in [1.807, 2.05) is 24.3 Å². The molecule has 1 aliphatic heterocycles. The largest absolute Gasteiger partial charge is 0.497 e. The predicted molar refractivity (Wildman–Crippen MR) is 93.8 cm³/mol. The van der Waals surface area contributed by atoms with E-state index >= 15 is 0 Å². The fraction of sp³-hybridized carbons (Fsp3) is 0.500. The molecule has 1 aliphatic rings. The van der Waals surface area contributed by atoms with Gasteiger partial charge in [-0.05, 0) is 43.7 Å². The lowest BCUT2D eigenvalue weighted by Crippen LogP contribution is -2.43. The summed E-state index contributed by atoms with van der Waals surface area (Å²) in [6.07, 6.45) is 2.25. The highest BCUT2D eigenvalue weighted by atomic mass is 32.1. The van der Waals surface area contributed by atoms with Crippen LogP contribution in [-0.2, 0) is 6.54 Å². The number of aliphatic hydroxyl groups excluding tert-OH is 1. The van der Waals surface area contributed by atoms with Crippen molar-refractivity contribution in [1.29, 1.82) is 0 Å². The average Bonchev–Trinajstić information content (AvgIpc) is 3.03. The first kappa shape index (κ1) is 16.4. The van der Waals surface area contributed by atoms with Crippen molar-refractivity contribution in [2.24, 2.45) is 5.41 Å². The monoisotopic (exact) mass is 332 g/mol. The summed E-state index contributed by atoms with van der Waals surface area (Å²) in [5, 5.41) is 12.8. The minimum atomic E-state index is 0.0348. The molecule has 1 atom stereocenters. The van der Waals surface area contributed by atoms with E-state index < -0.39 is 0 Å². The smallest absolute Gasteiger partial charge is 0.123 e. The summed E-state index contributed by atoms with van der Waals surface area (Å²) in [7, 11) is 1.68. The van der Waals surface area contributed by atoms with Crippen molar-refractivity contribution in [1.82, 2.24) is 9.88 Å². The minimum absolute atomic E-state index is 0.0348. The summed E-state index contributed by atoms with van der Waals surface area (Å²) in [5.74, 6) is 0.863. The molecule has 0 radical (unpaired) electrons. The van der Waals surface area contributed by atoms with E-state index in [0.717, 1.165) is 54.5 Å². The van der Waals surface area contributed by atoms with Gasteiger partial charge in [0.1, 0.15) is 10.8 Å². The summed E-state index contributed by atoms with van der Waals surface area (Å²) < 4.78 is 5.20. The maximum Gasteiger partial charge on any atom is 0.123 e. The van der Waals surface area contributed by atoms with Crippen LogP contribution in [0, 0.1) is 5.41 Å². The molecule has 1 aromatic carbocycles. The Kier molecular flexibility index (Phi) is 4.99. The van der Waals surface area contributed by atoms with Crippen molar-refractivity contribution in [2.75, 3.05) is 26.8 Å². The SMILES string of the molecule is COc1ccc(-c2nc(CN3CCCC(C)(CO)C3)cs2)cc1. The lowest BCUT2D eigenvalue weighted by atomic mass is 9.83. The van der Waals surface area contributed by atoms with Gasteiger partial charge in [0, 0.05) is 36.1 Å². The third-order valence-corrected chi connectivity index (χ3v) is 5.46. The molecule has 1 aromatic heterocycles. The van der Waals surface area contributed by atoms with Gasteiger partial charge in [0.2, 0.25) is 0 Å². The molecule has 1 saturated heterocycles. The molecule has 3 rings (SSSR count). The number of piperidine rings is 1. The maximum atomic E-state index is 9.58. The molecular formula is C18H24N2O2S. The zero-order valence-electron chi connectivity index (χ0n) is 13.8. The molecule has 4 nitrogen and oxygen atoms in total. The van der Waals surface area contributed by atoms with Gasteiger partial charge >= 0.3 is 0 Å². The highest BCUT2D eigenvalue weighted by Gasteiger charge is 2.30. The van der Waals surface area contributed by atoms with Crippen LogP contribution in [0.1, 0.15) is 25.5 Å². The topological polar surface area (TPSA) is 45.6 Å². The van der Waals surface area contributed by atoms with Gasteiger partial charge in [-0.15, -0.1) is 11.3 Å². The fourth-order valence-corrected chi connectivity index (χ4v) is 3.98. The van der Waals surface area contributed by atoms with Gasteiger partial charge in [0.15, 0.2) is 0 Å². The number of aliphatic hydroxyl groups is 1. The van der Waals surface area contributed by atoms with E-state index in [1.165, 1.54) is 0 Å². The number of nitrogens with zero attached hydrogens (tertiary/aromatic N) is 2. The van der Waals surface area contributed by atoms with E-state index in [1.54, 1.807) is 18.4 Å². The van der Waals surface area contributed by atoms with Crippen LogP contribution in [0.25, 0.3) is 10.6 Å². The second-order valence-electron chi connectivity index (χ2n) is 6.66. The Morgan fingerprint density at radius 1 is 1.35 bits per heavy atom. The molecular weight excluding hydrogens is 308 g/mol. The van der Waals surface area contributed by atoms with Crippen LogP contribution in [0.3, 0.4) is 0 Å². The van der Waals surface area contributed by atoms with Crippen LogP contribution >= 0.6 is 11.3 Å². The second kappa shape index (κ2) is 6.99. The van der Waals surface area contributed by atoms with Gasteiger partial charge in [0.05, 0.1) is 12.8 Å². The van der Waals surface area contributed by atoms with Crippen molar-refractivity contribution in [3.63, 3.8) is 0 Å². The number of benzene rings is 1. The highest BCUT2D eigenvalue weighted by molar-refractivity contribution is 7.13. The minimum Gasteiger partial charge on any atom is -0.497 e.